The molecule has 2 heterocycles. The van der Waals surface area contributed by atoms with Gasteiger partial charge in [-0.1, -0.05) is 42.5 Å². The number of piperazine rings is 1. The lowest BCUT2D eigenvalue weighted by Gasteiger charge is -2.36. The van der Waals surface area contributed by atoms with Crippen LogP contribution in [0.5, 0.6) is 5.75 Å². The van der Waals surface area contributed by atoms with Crippen molar-refractivity contribution in [2.24, 2.45) is 0 Å². The fourth-order valence-corrected chi connectivity index (χ4v) is 4.16. The molecule has 166 valence electrons. The minimum absolute atomic E-state index is 0.0593. The smallest absolute Gasteiger partial charge is 0.269 e. The van der Waals surface area contributed by atoms with Crippen molar-refractivity contribution in [1.29, 1.82) is 0 Å². The maximum absolute atomic E-state index is 11.0. The maximum Gasteiger partial charge on any atom is 0.269 e. The van der Waals surface area contributed by atoms with E-state index in [-0.39, 0.29) is 12.3 Å². The molecule has 3 aromatic carbocycles. The molecule has 0 amide bonds. The van der Waals surface area contributed by atoms with Crippen molar-refractivity contribution in [2.75, 3.05) is 36.0 Å². The Bertz CT molecular complexity index is 1270. The fourth-order valence-electron chi connectivity index (χ4n) is 4.16. The normalized spacial score (nSPS) is 13.8. The summed E-state index contributed by atoms with van der Waals surface area (Å²) in [5, 5.41) is 12.0. The largest absolute Gasteiger partial charge is 0.487 e. The Balaban J connectivity index is 1.32. The van der Waals surface area contributed by atoms with Crippen LogP contribution in [0.3, 0.4) is 0 Å². The van der Waals surface area contributed by atoms with Crippen molar-refractivity contribution in [2.45, 2.75) is 6.61 Å². The molecule has 5 rings (SSSR count). The molecule has 0 unspecified atom stereocenters. The number of nitro groups is 1. The number of hydrogen-bond donors (Lipinski definition) is 0. The van der Waals surface area contributed by atoms with E-state index in [1.165, 1.54) is 17.8 Å². The van der Waals surface area contributed by atoms with Gasteiger partial charge in [-0.25, -0.2) is 4.98 Å². The molecule has 1 saturated heterocycles. The zero-order chi connectivity index (χ0) is 22.6. The summed E-state index contributed by atoms with van der Waals surface area (Å²) in [7, 11) is 0. The number of benzene rings is 3. The van der Waals surface area contributed by atoms with Gasteiger partial charge in [0.25, 0.3) is 5.69 Å². The third-order valence-corrected chi connectivity index (χ3v) is 5.91. The molecule has 4 aromatic rings. The van der Waals surface area contributed by atoms with Crippen LogP contribution in [0.15, 0.2) is 84.9 Å². The number of rotatable bonds is 6. The molecule has 7 nitrogen and oxygen atoms in total. The van der Waals surface area contributed by atoms with Gasteiger partial charge in [0, 0.05) is 49.4 Å². The zero-order valence-corrected chi connectivity index (χ0v) is 18.1. The second-order valence-corrected chi connectivity index (χ2v) is 8.02. The van der Waals surface area contributed by atoms with E-state index >= 15 is 0 Å². The number of nitro benzene ring substituents is 1. The Morgan fingerprint density at radius 1 is 0.848 bits per heavy atom. The Morgan fingerprint density at radius 3 is 2.39 bits per heavy atom. The highest BCUT2D eigenvalue weighted by Gasteiger charge is 2.19. The number of fused-ring (bicyclic) bond motifs is 1. The van der Waals surface area contributed by atoms with Crippen LogP contribution in [-0.2, 0) is 6.61 Å². The van der Waals surface area contributed by atoms with E-state index < -0.39 is 4.92 Å². The summed E-state index contributed by atoms with van der Waals surface area (Å²) < 4.78 is 6.05. The summed E-state index contributed by atoms with van der Waals surface area (Å²) in [6.07, 6.45) is 0. The van der Waals surface area contributed by atoms with Gasteiger partial charge in [-0.05, 0) is 35.9 Å². The standard InChI is InChI=1S/C26H24N4O3/c31-30(32)23-10-4-6-20(18-23)19-33-24-11-5-7-21-12-13-25(27-26(21)24)29-16-14-28(15-17-29)22-8-2-1-3-9-22/h1-13,18H,14-17,19H2. The van der Waals surface area contributed by atoms with Crippen LogP contribution in [0.25, 0.3) is 10.9 Å². The molecule has 0 aliphatic carbocycles. The van der Waals surface area contributed by atoms with E-state index in [0.29, 0.717) is 5.75 Å². The Labute approximate surface area is 192 Å². The first-order chi connectivity index (χ1) is 16.2. The molecule has 1 fully saturated rings. The molecule has 0 atom stereocenters. The molecule has 33 heavy (non-hydrogen) atoms. The number of nitrogens with zero attached hydrogens (tertiary/aromatic N) is 4. The van der Waals surface area contributed by atoms with E-state index in [1.807, 2.05) is 30.3 Å². The average molecular weight is 441 g/mol. The first kappa shape index (κ1) is 20.8. The van der Waals surface area contributed by atoms with Gasteiger partial charge in [-0.3, -0.25) is 10.1 Å². The third-order valence-electron chi connectivity index (χ3n) is 5.91. The third kappa shape index (κ3) is 4.57. The molecule has 0 spiro atoms. The van der Waals surface area contributed by atoms with Crippen molar-refractivity contribution in [1.82, 2.24) is 4.98 Å². The molecular formula is C26H24N4O3. The topological polar surface area (TPSA) is 71.7 Å². The lowest BCUT2D eigenvalue weighted by atomic mass is 10.2. The van der Waals surface area contributed by atoms with Crippen LogP contribution >= 0.6 is 0 Å². The van der Waals surface area contributed by atoms with Crippen molar-refractivity contribution in [3.05, 3.63) is 101 Å². The number of non-ortho nitro benzene ring substituents is 1. The number of para-hydroxylation sites is 2. The first-order valence-corrected chi connectivity index (χ1v) is 11.0. The van der Waals surface area contributed by atoms with Crippen LogP contribution in [0.1, 0.15) is 5.56 Å². The van der Waals surface area contributed by atoms with Crippen molar-refractivity contribution in [3.8, 4) is 5.75 Å². The summed E-state index contributed by atoms with van der Waals surface area (Å²) in [6, 6.07) is 27.0. The predicted octanol–water partition coefficient (Wildman–Crippen LogP) is 5.05. The first-order valence-electron chi connectivity index (χ1n) is 11.0. The van der Waals surface area contributed by atoms with Crippen molar-refractivity contribution >= 4 is 28.1 Å². The lowest BCUT2D eigenvalue weighted by molar-refractivity contribution is -0.384. The van der Waals surface area contributed by atoms with Crippen LogP contribution in [-0.4, -0.2) is 36.1 Å². The minimum atomic E-state index is -0.396. The van der Waals surface area contributed by atoms with E-state index in [4.69, 9.17) is 9.72 Å². The second kappa shape index (κ2) is 9.16. The van der Waals surface area contributed by atoms with E-state index in [1.54, 1.807) is 6.07 Å². The quantitative estimate of drug-likeness (QED) is 0.309. The number of aromatic nitrogens is 1. The highest BCUT2D eigenvalue weighted by atomic mass is 16.6. The lowest BCUT2D eigenvalue weighted by Crippen LogP contribution is -2.46. The van der Waals surface area contributed by atoms with Gasteiger partial charge in [0.15, 0.2) is 0 Å². The van der Waals surface area contributed by atoms with Gasteiger partial charge in [-0.15, -0.1) is 0 Å². The monoisotopic (exact) mass is 440 g/mol. The number of hydrogen-bond acceptors (Lipinski definition) is 6. The van der Waals surface area contributed by atoms with Crippen LogP contribution in [0.4, 0.5) is 17.2 Å². The van der Waals surface area contributed by atoms with Crippen LogP contribution < -0.4 is 14.5 Å². The molecule has 1 aromatic heterocycles. The Hall–Kier alpha value is -4.13. The summed E-state index contributed by atoms with van der Waals surface area (Å²) in [5.74, 6) is 1.60. The van der Waals surface area contributed by atoms with Gasteiger partial charge in [-0.2, -0.15) is 0 Å². The molecule has 0 bridgehead atoms. The molecular weight excluding hydrogens is 416 g/mol. The maximum atomic E-state index is 11.0. The van der Waals surface area contributed by atoms with Gasteiger partial charge >= 0.3 is 0 Å². The fraction of sp³-hybridized carbons (Fsp3) is 0.192. The highest BCUT2D eigenvalue weighted by Crippen LogP contribution is 2.28. The summed E-state index contributed by atoms with van der Waals surface area (Å²) >= 11 is 0. The molecule has 0 N–H and O–H groups in total. The van der Waals surface area contributed by atoms with Crippen LogP contribution in [0, 0.1) is 10.1 Å². The second-order valence-electron chi connectivity index (χ2n) is 8.02. The Morgan fingerprint density at radius 2 is 1.61 bits per heavy atom. The van der Waals surface area contributed by atoms with E-state index in [0.717, 1.165) is 48.5 Å². The molecule has 1 aliphatic rings. The molecule has 1 aliphatic heterocycles. The van der Waals surface area contributed by atoms with Gasteiger partial charge in [0.1, 0.15) is 23.7 Å². The number of pyridine rings is 1. The zero-order valence-electron chi connectivity index (χ0n) is 18.1. The summed E-state index contributed by atoms with van der Waals surface area (Å²) in [6.45, 7) is 3.90. The molecule has 0 saturated carbocycles. The van der Waals surface area contributed by atoms with Crippen molar-refractivity contribution < 1.29 is 9.66 Å². The molecule has 0 radical (unpaired) electrons. The van der Waals surface area contributed by atoms with Gasteiger partial charge < -0.3 is 14.5 Å². The summed E-state index contributed by atoms with van der Waals surface area (Å²) in [5.41, 5.74) is 2.85. The van der Waals surface area contributed by atoms with E-state index in [2.05, 4.69) is 46.2 Å². The molecule has 7 heteroatoms. The summed E-state index contributed by atoms with van der Waals surface area (Å²) in [4.78, 5) is 20.3. The van der Waals surface area contributed by atoms with Crippen molar-refractivity contribution in [3.63, 3.8) is 0 Å². The number of ether oxygens (including phenoxy) is 1. The predicted molar refractivity (Wildman–Crippen MR) is 130 cm³/mol. The van der Waals surface area contributed by atoms with E-state index in [9.17, 15) is 10.1 Å². The Kier molecular flexibility index (Phi) is 5.76. The highest BCUT2D eigenvalue weighted by molar-refractivity contribution is 5.86. The van der Waals surface area contributed by atoms with Gasteiger partial charge in [0.05, 0.1) is 4.92 Å². The van der Waals surface area contributed by atoms with Gasteiger partial charge in [0.2, 0.25) is 0 Å². The minimum Gasteiger partial charge on any atom is -0.487 e. The SMILES string of the molecule is O=[N+]([O-])c1cccc(COc2cccc3ccc(N4CCN(c5ccccc5)CC4)nc23)c1. The average Bonchev–Trinajstić information content (AvgIpc) is 2.88. The number of anilines is 2. The van der Waals surface area contributed by atoms with Crippen LogP contribution in [0.2, 0.25) is 0 Å².